The lowest BCUT2D eigenvalue weighted by Crippen LogP contribution is -2.63. The van der Waals surface area contributed by atoms with Gasteiger partial charge in [0, 0.05) is 5.56 Å². The third-order valence-electron chi connectivity index (χ3n) is 8.23. The Bertz CT molecular complexity index is 1180. The summed E-state index contributed by atoms with van der Waals surface area (Å²) in [5.41, 5.74) is 16.2. The first-order chi connectivity index (χ1) is 14.8. The molecule has 169 valence electrons. The van der Waals surface area contributed by atoms with Crippen molar-refractivity contribution in [1.29, 1.82) is 0 Å². The standard InChI is InChI=1S/C27H36NO2Si2/c1-10-16-11-17-13-18(27(2,3)4)14-20(19(17)12-16)23-21(26(28)29)15-22-24(30-5)25(23)32(8,9)31(22,6)7/h11,13-15,28H,10,12H2,1-9H3. The van der Waals surface area contributed by atoms with Gasteiger partial charge >= 0.3 is 0 Å². The van der Waals surface area contributed by atoms with E-state index in [1.165, 1.54) is 32.6 Å². The zero-order valence-corrected chi connectivity index (χ0v) is 23.0. The van der Waals surface area contributed by atoms with Gasteiger partial charge in [-0.1, -0.05) is 77.7 Å². The summed E-state index contributed by atoms with van der Waals surface area (Å²) < 4.78 is 6.05. The first-order valence-corrected chi connectivity index (χ1v) is 18.6. The zero-order chi connectivity index (χ0) is 23.8. The molecule has 0 saturated heterocycles. The van der Waals surface area contributed by atoms with Crippen LogP contribution in [0.2, 0.25) is 26.2 Å². The summed E-state index contributed by atoms with van der Waals surface area (Å²) in [6.07, 6.45) is 4.28. The number of hydrogen-bond donors (Lipinski definition) is 0. The van der Waals surface area contributed by atoms with Crippen molar-refractivity contribution in [2.45, 2.75) is 72.1 Å². The number of benzene rings is 2. The fraction of sp³-hybridized carbons (Fsp3) is 0.444. The lowest BCUT2D eigenvalue weighted by molar-refractivity contribution is 0.0993. The van der Waals surface area contributed by atoms with E-state index in [-0.39, 0.29) is 5.41 Å². The summed E-state index contributed by atoms with van der Waals surface area (Å²) in [7, 11) is -1.99. The topological polar surface area (TPSA) is 50.1 Å². The van der Waals surface area contributed by atoms with Gasteiger partial charge in [0.15, 0.2) is 0 Å². The van der Waals surface area contributed by atoms with E-state index in [0.29, 0.717) is 5.56 Å². The molecule has 1 radical (unpaired) electrons. The predicted molar refractivity (Wildman–Crippen MR) is 141 cm³/mol. The molecule has 3 nitrogen and oxygen atoms in total. The van der Waals surface area contributed by atoms with Crippen molar-refractivity contribution < 1.29 is 9.53 Å². The van der Waals surface area contributed by atoms with Crippen LogP contribution in [0.3, 0.4) is 0 Å². The molecule has 2 aliphatic rings. The minimum absolute atomic E-state index is 0.0109. The maximum atomic E-state index is 12.7. The van der Waals surface area contributed by atoms with E-state index in [1.807, 2.05) is 6.07 Å². The second-order valence-corrected chi connectivity index (χ2v) is 26.5. The van der Waals surface area contributed by atoms with Gasteiger partial charge in [-0.05, 0) is 62.5 Å². The number of ether oxygens (including phenoxy) is 1. The van der Waals surface area contributed by atoms with Crippen molar-refractivity contribution >= 4 is 37.5 Å². The molecule has 0 aromatic heterocycles. The summed E-state index contributed by atoms with van der Waals surface area (Å²) >= 11 is 0. The Labute approximate surface area is 194 Å². The minimum atomic E-state index is -1.92. The average molecular weight is 463 g/mol. The molecule has 0 fully saturated rings. The molecule has 2 aromatic carbocycles. The molecule has 1 heterocycles. The first kappa shape index (κ1) is 23.1. The Hall–Kier alpha value is -2.12. The van der Waals surface area contributed by atoms with Crippen LogP contribution in [-0.4, -0.2) is 28.2 Å². The molecule has 5 heteroatoms. The highest BCUT2D eigenvalue weighted by atomic mass is 29.3. The molecule has 1 aliphatic carbocycles. The number of nitrogens with one attached hydrogen (secondary N) is 1. The van der Waals surface area contributed by atoms with Crippen molar-refractivity contribution in [1.82, 2.24) is 5.73 Å². The predicted octanol–water partition coefficient (Wildman–Crippen LogP) is 5.36. The summed E-state index contributed by atoms with van der Waals surface area (Å²) in [6.45, 7) is 18.6. The van der Waals surface area contributed by atoms with Crippen LogP contribution < -0.4 is 20.8 Å². The van der Waals surface area contributed by atoms with E-state index in [2.05, 4.69) is 72.1 Å². The molecule has 0 atom stereocenters. The van der Waals surface area contributed by atoms with Gasteiger partial charge in [0.1, 0.15) is 5.75 Å². The molecule has 0 unspecified atom stereocenters. The number of hydrogen-bond acceptors (Lipinski definition) is 2. The first-order valence-electron chi connectivity index (χ1n) is 11.6. The van der Waals surface area contributed by atoms with Gasteiger partial charge in [0.2, 0.25) is 0 Å². The lowest BCUT2D eigenvalue weighted by atomic mass is 9.81. The van der Waals surface area contributed by atoms with Crippen molar-refractivity contribution in [3.63, 3.8) is 0 Å². The molecule has 32 heavy (non-hydrogen) atoms. The summed E-state index contributed by atoms with van der Waals surface area (Å²) in [5.74, 6) is 0.410. The molecule has 1 aliphatic heterocycles. The highest BCUT2D eigenvalue weighted by Crippen LogP contribution is 2.44. The summed E-state index contributed by atoms with van der Waals surface area (Å²) in [6, 6.07) is 6.66. The minimum Gasteiger partial charge on any atom is -0.497 e. The molecule has 2 aromatic rings. The van der Waals surface area contributed by atoms with Crippen LogP contribution in [0.4, 0.5) is 0 Å². The molecule has 4 rings (SSSR count). The van der Waals surface area contributed by atoms with Crippen LogP contribution in [0.1, 0.15) is 61.2 Å². The third kappa shape index (κ3) is 3.08. The maximum Gasteiger partial charge on any atom is 0.270 e. The van der Waals surface area contributed by atoms with Gasteiger partial charge in [0.25, 0.3) is 5.91 Å². The van der Waals surface area contributed by atoms with E-state index in [0.717, 1.165) is 29.7 Å². The fourth-order valence-electron chi connectivity index (χ4n) is 5.45. The average Bonchev–Trinajstić information content (AvgIpc) is 3.17. The van der Waals surface area contributed by atoms with E-state index in [9.17, 15) is 4.79 Å². The van der Waals surface area contributed by atoms with E-state index >= 15 is 0 Å². The lowest BCUT2D eigenvalue weighted by Gasteiger charge is -2.32. The Balaban J connectivity index is 2.16. The van der Waals surface area contributed by atoms with Crippen molar-refractivity contribution in [3.8, 4) is 16.9 Å². The van der Waals surface area contributed by atoms with Crippen LogP contribution in [0.15, 0.2) is 23.8 Å². The number of carbonyl (C=O) groups excluding carboxylic acids is 1. The molecular weight excluding hydrogens is 426 g/mol. The fourth-order valence-corrected chi connectivity index (χ4v) is 15.0. The smallest absolute Gasteiger partial charge is 0.270 e. The number of allylic oxidation sites excluding steroid dienone is 1. The molecule has 0 spiro atoms. The van der Waals surface area contributed by atoms with Crippen molar-refractivity contribution in [2.24, 2.45) is 0 Å². The third-order valence-corrected chi connectivity index (χ3v) is 25.7. The second kappa shape index (κ2) is 7.19. The van der Waals surface area contributed by atoms with Crippen LogP contribution in [0.5, 0.6) is 5.75 Å². The van der Waals surface area contributed by atoms with E-state index in [1.54, 1.807) is 7.11 Å². The number of amides is 1. The number of fused-ring (bicyclic) bond motifs is 3. The van der Waals surface area contributed by atoms with Gasteiger partial charge in [-0.2, -0.15) is 0 Å². The van der Waals surface area contributed by atoms with Gasteiger partial charge in [-0.15, -0.1) is 0 Å². The molecule has 1 amide bonds. The number of methoxy groups -OCH3 is 1. The van der Waals surface area contributed by atoms with Gasteiger partial charge in [0.05, 0.1) is 22.3 Å². The second-order valence-electron chi connectivity index (χ2n) is 11.5. The Morgan fingerprint density at radius 2 is 1.75 bits per heavy atom. The number of carbonyl (C=O) groups is 1. The Kier molecular flexibility index (Phi) is 5.18. The van der Waals surface area contributed by atoms with Gasteiger partial charge in [-0.25, -0.2) is 0 Å². The highest BCUT2D eigenvalue weighted by Gasteiger charge is 2.55. The Morgan fingerprint density at radius 1 is 1.09 bits per heavy atom. The van der Waals surface area contributed by atoms with E-state index in [4.69, 9.17) is 10.5 Å². The monoisotopic (exact) mass is 462 g/mol. The van der Waals surface area contributed by atoms with Crippen LogP contribution in [-0.2, 0) is 11.8 Å². The van der Waals surface area contributed by atoms with Crippen molar-refractivity contribution in [2.75, 3.05) is 7.11 Å². The van der Waals surface area contributed by atoms with E-state index < -0.39 is 21.1 Å². The number of rotatable bonds is 4. The van der Waals surface area contributed by atoms with Gasteiger partial charge < -0.3 is 4.74 Å². The molecule has 1 N–H and O–H groups in total. The normalized spacial score (nSPS) is 17.8. The van der Waals surface area contributed by atoms with Crippen LogP contribution >= 0.6 is 0 Å². The zero-order valence-electron chi connectivity index (χ0n) is 21.0. The summed E-state index contributed by atoms with van der Waals surface area (Å²) in [5, 5.41) is 2.49. The highest BCUT2D eigenvalue weighted by molar-refractivity contribution is 7.52. The molecule has 0 saturated carbocycles. The van der Waals surface area contributed by atoms with Gasteiger partial charge in [-0.3, -0.25) is 10.5 Å². The maximum absolute atomic E-state index is 12.7. The quantitative estimate of drug-likeness (QED) is 0.575. The summed E-state index contributed by atoms with van der Waals surface area (Å²) in [4.78, 5) is 12.7. The largest absolute Gasteiger partial charge is 0.497 e. The Morgan fingerprint density at radius 3 is 2.28 bits per heavy atom. The van der Waals surface area contributed by atoms with Crippen LogP contribution in [0, 0.1) is 0 Å². The SMILES string of the molecule is CCC1=Cc2cc(C(C)(C)C)cc(-c3c(C([NH])=O)cc4c(OC)c3[Si](C)(C)[Si]4(C)C)c2C1. The molecular formula is C27H36NO2Si2. The van der Waals surface area contributed by atoms with Crippen LogP contribution in [0.25, 0.3) is 17.2 Å². The van der Waals surface area contributed by atoms with Crippen molar-refractivity contribution in [3.05, 3.63) is 46.0 Å². The molecule has 2 bridgehead atoms.